The normalized spacial score (nSPS) is 25.5. The van der Waals surface area contributed by atoms with Crippen LogP contribution in [0.1, 0.15) is 38.2 Å². The number of nitrogens with zero attached hydrogens (tertiary/aromatic N) is 1. The molecule has 0 aromatic carbocycles. The Morgan fingerprint density at radius 3 is 3.10 bits per heavy atom. The van der Waals surface area contributed by atoms with E-state index in [2.05, 4.69) is 17.2 Å². The number of aromatic nitrogens is 1. The molecule has 1 saturated carbocycles. The van der Waals surface area contributed by atoms with E-state index in [1.54, 1.807) is 12.4 Å². The zero-order chi connectivity index (χ0) is 15.1. The lowest BCUT2D eigenvalue weighted by molar-refractivity contribution is -0.128. The molecule has 1 aromatic heterocycles. The first kappa shape index (κ1) is 15.9. The van der Waals surface area contributed by atoms with Gasteiger partial charge in [0.05, 0.1) is 6.10 Å². The largest absolute Gasteiger partial charge is 0.377 e. The van der Waals surface area contributed by atoms with Crippen LogP contribution in [0.4, 0.5) is 0 Å². The van der Waals surface area contributed by atoms with E-state index in [1.165, 1.54) is 0 Å². The Bertz CT molecular complexity index is 438. The quantitative estimate of drug-likeness (QED) is 0.835. The predicted octanol–water partition coefficient (Wildman–Crippen LogP) is 1.62. The van der Waals surface area contributed by atoms with Gasteiger partial charge >= 0.3 is 0 Å². The molecule has 1 aromatic rings. The van der Waals surface area contributed by atoms with Crippen LogP contribution in [-0.2, 0) is 16.1 Å². The number of carbonyl (C=O) groups excluding carboxylic acids is 1. The third-order valence-corrected chi connectivity index (χ3v) is 3.94. The number of ether oxygens (including phenoxy) is 1. The van der Waals surface area contributed by atoms with Gasteiger partial charge in [0, 0.05) is 37.5 Å². The van der Waals surface area contributed by atoms with Crippen molar-refractivity contribution in [3.63, 3.8) is 0 Å². The average Bonchev–Trinajstić information content (AvgIpc) is 2.53. The van der Waals surface area contributed by atoms with Crippen LogP contribution in [0, 0.1) is 5.92 Å². The Hall–Kier alpha value is -1.46. The van der Waals surface area contributed by atoms with Gasteiger partial charge < -0.3 is 15.8 Å². The summed E-state index contributed by atoms with van der Waals surface area (Å²) in [7, 11) is 0. The molecule has 1 amide bonds. The summed E-state index contributed by atoms with van der Waals surface area (Å²) in [4.78, 5) is 16.3. The minimum Gasteiger partial charge on any atom is -0.377 e. The second-order valence-electron chi connectivity index (χ2n) is 5.66. The fraction of sp³-hybridized carbons (Fsp3) is 0.625. The van der Waals surface area contributed by atoms with Gasteiger partial charge in [-0.25, -0.2) is 0 Å². The van der Waals surface area contributed by atoms with Crippen molar-refractivity contribution < 1.29 is 9.53 Å². The fourth-order valence-corrected chi connectivity index (χ4v) is 2.69. The highest BCUT2D eigenvalue weighted by Gasteiger charge is 2.32. The second kappa shape index (κ2) is 8.10. The van der Waals surface area contributed by atoms with E-state index in [4.69, 9.17) is 10.5 Å². The lowest BCUT2D eigenvalue weighted by atomic mass is 9.83. The molecule has 1 aliphatic rings. The molecule has 1 aliphatic carbocycles. The number of amides is 1. The number of hydrogen-bond acceptors (Lipinski definition) is 4. The Balaban J connectivity index is 1.81. The molecule has 21 heavy (non-hydrogen) atoms. The lowest BCUT2D eigenvalue weighted by Gasteiger charge is -2.33. The van der Waals surface area contributed by atoms with E-state index in [0.717, 1.165) is 31.2 Å². The second-order valence-corrected chi connectivity index (χ2v) is 5.66. The Morgan fingerprint density at radius 1 is 1.52 bits per heavy atom. The Kier molecular flexibility index (Phi) is 6.14. The van der Waals surface area contributed by atoms with E-state index in [0.29, 0.717) is 13.2 Å². The molecule has 5 heteroatoms. The van der Waals surface area contributed by atoms with Gasteiger partial charge in [0.25, 0.3) is 0 Å². The van der Waals surface area contributed by atoms with E-state index < -0.39 is 0 Å². The van der Waals surface area contributed by atoms with Crippen molar-refractivity contribution in [2.45, 2.75) is 51.3 Å². The smallest absolute Gasteiger partial charge is 0.223 e. The molecule has 0 aliphatic heterocycles. The molecule has 116 valence electrons. The average molecular weight is 291 g/mol. The van der Waals surface area contributed by atoms with E-state index in [-0.39, 0.29) is 24.0 Å². The van der Waals surface area contributed by atoms with Crippen LogP contribution < -0.4 is 11.1 Å². The maximum Gasteiger partial charge on any atom is 0.223 e. The maximum absolute atomic E-state index is 12.3. The summed E-state index contributed by atoms with van der Waals surface area (Å²) >= 11 is 0. The molecule has 5 nitrogen and oxygen atoms in total. The fourth-order valence-electron chi connectivity index (χ4n) is 2.69. The molecule has 0 radical (unpaired) electrons. The Labute approximate surface area is 126 Å². The van der Waals surface area contributed by atoms with Crippen molar-refractivity contribution in [3.8, 4) is 0 Å². The summed E-state index contributed by atoms with van der Waals surface area (Å²) < 4.78 is 5.77. The van der Waals surface area contributed by atoms with Crippen LogP contribution in [0.25, 0.3) is 0 Å². The number of nitrogens with one attached hydrogen (secondary N) is 1. The van der Waals surface area contributed by atoms with Crippen LogP contribution in [0.2, 0.25) is 0 Å². The maximum atomic E-state index is 12.3. The molecule has 1 fully saturated rings. The summed E-state index contributed by atoms with van der Waals surface area (Å²) in [5.41, 5.74) is 7.09. The molecular weight excluding hydrogens is 266 g/mol. The molecule has 0 saturated heterocycles. The lowest BCUT2D eigenvalue weighted by Crippen LogP contribution is -2.45. The highest BCUT2D eigenvalue weighted by atomic mass is 16.5. The van der Waals surface area contributed by atoms with Crippen LogP contribution in [0.15, 0.2) is 24.5 Å². The SMILES string of the molecule is CCCO[C@@H]1C[C@@H](C(=O)NCc2cccnc2)CC[C@H]1N. The minimum atomic E-state index is 0.00308. The van der Waals surface area contributed by atoms with Gasteiger partial charge in [0.2, 0.25) is 5.91 Å². The summed E-state index contributed by atoms with van der Waals surface area (Å²) in [6.07, 6.45) is 6.88. The number of hydrogen-bond donors (Lipinski definition) is 2. The number of carbonyl (C=O) groups is 1. The molecular formula is C16H25N3O2. The molecule has 3 atom stereocenters. The first-order valence-corrected chi connectivity index (χ1v) is 7.74. The monoisotopic (exact) mass is 291 g/mol. The Morgan fingerprint density at radius 2 is 2.38 bits per heavy atom. The number of pyridine rings is 1. The highest BCUT2D eigenvalue weighted by molar-refractivity contribution is 5.78. The predicted molar refractivity (Wildman–Crippen MR) is 81.4 cm³/mol. The van der Waals surface area contributed by atoms with Crippen molar-refractivity contribution in [2.75, 3.05) is 6.61 Å². The summed E-state index contributed by atoms with van der Waals surface area (Å²) in [6, 6.07) is 3.88. The topological polar surface area (TPSA) is 77.2 Å². The molecule has 3 N–H and O–H groups in total. The highest BCUT2D eigenvalue weighted by Crippen LogP contribution is 2.26. The van der Waals surface area contributed by atoms with Gasteiger partial charge in [0.1, 0.15) is 0 Å². The van der Waals surface area contributed by atoms with Crippen LogP contribution >= 0.6 is 0 Å². The van der Waals surface area contributed by atoms with Crippen molar-refractivity contribution in [2.24, 2.45) is 11.7 Å². The first-order chi connectivity index (χ1) is 10.2. The molecule has 0 unspecified atom stereocenters. The molecule has 0 bridgehead atoms. The molecule has 0 spiro atoms. The van der Waals surface area contributed by atoms with Gasteiger partial charge in [-0.05, 0) is 37.3 Å². The molecule has 2 rings (SSSR count). The molecule has 1 heterocycles. The van der Waals surface area contributed by atoms with Crippen LogP contribution in [0.5, 0.6) is 0 Å². The van der Waals surface area contributed by atoms with Crippen LogP contribution in [-0.4, -0.2) is 29.6 Å². The van der Waals surface area contributed by atoms with E-state index >= 15 is 0 Å². The number of rotatable bonds is 6. The number of nitrogens with two attached hydrogens (primary N) is 1. The van der Waals surface area contributed by atoms with E-state index in [9.17, 15) is 4.79 Å². The van der Waals surface area contributed by atoms with Gasteiger partial charge in [-0.2, -0.15) is 0 Å². The zero-order valence-corrected chi connectivity index (χ0v) is 12.6. The van der Waals surface area contributed by atoms with Crippen molar-refractivity contribution in [3.05, 3.63) is 30.1 Å². The van der Waals surface area contributed by atoms with Gasteiger partial charge in [-0.3, -0.25) is 9.78 Å². The third kappa shape index (κ3) is 4.79. The zero-order valence-electron chi connectivity index (χ0n) is 12.6. The summed E-state index contributed by atoms with van der Waals surface area (Å²) in [5.74, 6) is 0.0965. The van der Waals surface area contributed by atoms with Crippen molar-refractivity contribution in [1.82, 2.24) is 10.3 Å². The van der Waals surface area contributed by atoms with Crippen LogP contribution in [0.3, 0.4) is 0 Å². The summed E-state index contributed by atoms with van der Waals surface area (Å²) in [5, 5.41) is 2.98. The minimum absolute atomic E-state index is 0.00308. The standard InChI is InChI=1S/C16H25N3O2/c1-2-8-21-15-9-13(5-6-14(15)17)16(20)19-11-12-4-3-7-18-10-12/h3-4,7,10,13-15H,2,5-6,8-9,11,17H2,1H3,(H,19,20)/t13-,14+,15+/m0/s1. The first-order valence-electron chi connectivity index (χ1n) is 7.74. The van der Waals surface area contributed by atoms with Crippen molar-refractivity contribution >= 4 is 5.91 Å². The van der Waals surface area contributed by atoms with Gasteiger partial charge in [-0.1, -0.05) is 13.0 Å². The van der Waals surface area contributed by atoms with Gasteiger partial charge in [-0.15, -0.1) is 0 Å². The summed E-state index contributed by atoms with van der Waals surface area (Å²) in [6.45, 7) is 3.31. The third-order valence-electron chi connectivity index (χ3n) is 3.94. The van der Waals surface area contributed by atoms with Crippen molar-refractivity contribution in [1.29, 1.82) is 0 Å². The van der Waals surface area contributed by atoms with E-state index in [1.807, 2.05) is 12.1 Å². The van der Waals surface area contributed by atoms with Gasteiger partial charge in [0.15, 0.2) is 0 Å².